The lowest BCUT2D eigenvalue weighted by Gasteiger charge is -2.17. The molecule has 8 heteroatoms. The van der Waals surface area contributed by atoms with Crippen LogP contribution < -0.4 is 4.90 Å². The van der Waals surface area contributed by atoms with Crippen molar-refractivity contribution in [3.8, 4) is 0 Å². The summed E-state index contributed by atoms with van der Waals surface area (Å²) < 4.78 is 5.18. The Morgan fingerprint density at radius 1 is 1.03 bits per heavy atom. The third-order valence-electron chi connectivity index (χ3n) is 5.05. The van der Waals surface area contributed by atoms with Gasteiger partial charge in [-0.05, 0) is 25.5 Å². The van der Waals surface area contributed by atoms with Gasteiger partial charge >= 0.3 is 5.97 Å². The molecule has 0 saturated carbocycles. The summed E-state index contributed by atoms with van der Waals surface area (Å²) in [5.41, 5.74) is 3.90. The molecule has 2 heterocycles. The second-order valence-electron chi connectivity index (χ2n) is 7.16. The zero-order valence-electron chi connectivity index (χ0n) is 17.1. The monoisotopic (exact) mass is 452 g/mol. The topological polar surface area (TPSA) is 66.9 Å². The minimum Gasteiger partial charge on any atom is -0.465 e. The SMILES string of the molecule is CCOC(=O)CN1C(=O)C(=C2C(=O)N(Cc3ccc(C)cc3)c3ccccc32)SC1=S. The molecule has 2 aliphatic rings. The molecular weight excluding hydrogens is 432 g/mol. The summed E-state index contributed by atoms with van der Waals surface area (Å²) in [6.07, 6.45) is 0. The standard InChI is InChI=1S/C23H20N2O4S2/c1-3-29-18(26)13-25-22(28)20(31-23(25)30)19-16-6-4-5-7-17(16)24(21(19)27)12-15-10-8-14(2)9-11-15/h4-11H,3,12-13H2,1-2H3. The summed E-state index contributed by atoms with van der Waals surface area (Å²) in [6, 6.07) is 15.4. The van der Waals surface area contributed by atoms with E-state index in [1.165, 1.54) is 4.90 Å². The van der Waals surface area contributed by atoms with Crippen molar-refractivity contribution in [3.63, 3.8) is 0 Å². The van der Waals surface area contributed by atoms with Crippen molar-refractivity contribution in [1.82, 2.24) is 4.90 Å². The molecule has 4 rings (SSSR count). The second kappa shape index (κ2) is 8.64. The van der Waals surface area contributed by atoms with Crippen LogP contribution in [-0.4, -0.2) is 40.2 Å². The summed E-state index contributed by atoms with van der Waals surface area (Å²) >= 11 is 6.37. The van der Waals surface area contributed by atoms with E-state index in [2.05, 4.69) is 0 Å². The summed E-state index contributed by atoms with van der Waals surface area (Å²) in [7, 11) is 0. The van der Waals surface area contributed by atoms with Crippen molar-refractivity contribution in [2.75, 3.05) is 18.1 Å². The molecule has 1 fully saturated rings. The van der Waals surface area contributed by atoms with Crippen LogP contribution in [0, 0.1) is 6.92 Å². The Balaban J connectivity index is 1.70. The number of rotatable bonds is 5. The van der Waals surface area contributed by atoms with E-state index in [0.29, 0.717) is 17.7 Å². The molecule has 158 valence electrons. The van der Waals surface area contributed by atoms with E-state index in [-0.39, 0.29) is 28.3 Å². The fourth-order valence-corrected chi connectivity index (χ4v) is 4.88. The van der Waals surface area contributed by atoms with Crippen LogP contribution in [0.2, 0.25) is 0 Å². The second-order valence-corrected chi connectivity index (χ2v) is 8.81. The predicted octanol–water partition coefficient (Wildman–Crippen LogP) is 3.68. The zero-order valence-corrected chi connectivity index (χ0v) is 18.7. The van der Waals surface area contributed by atoms with Crippen LogP contribution >= 0.6 is 24.0 Å². The van der Waals surface area contributed by atoms with E-state index >= 15 is 0 Å². The molecule has 0 radical (unpaired) electrons. The molecule has 6 nitrogen and oxygen atoms in total. The maximum Gasteiger partial charge on any atom is 0.326 e. The first kappa shape index (κ1) is 21.3. The smallest absolute Gasteiger partial charge is 0.326 e. The van der Waals surface area contributed by atoms with Crippen molar-refractivity contribution in [1.29, 1.82) is 0 Å². The number of hydrogen-bond donors (Lipinski definition) is 0. The quantitative estimate of drug-likeness (QED) is 0.392. The molecule has 0 bridgehead atoms. The van der Waals surface area contributed by atoms with Crippen molar-refractivity contribution in [2.24, 2.45) is 0 Å². The molecule has 1 saturated heterocycles. The van der Waals surface area contributed by atoms with E-state index in [1.807, 2.05) is 55.5 Å². The van der Waals surface area contributed by atoms with E-state index in [1.54, 1.807) is 11.8 Å². The van der Waals surface area contributed by atoms with Gasteiger partial charge in [-0.25, -0.2) is 0 Å². The number of amides is 2. The summed E-state index contributed by atoms with van der Waals surface area (Å²) in [5, 5.41) is 0. The lowest BCUT2D eigenvalue weighted by Crippen LogP contribution is -2.34. The van der Waals surface area contributed by atoms with E-state index in [4.69, 9.17) is 17.0 Å². The Hall–Kier alpha value is -2.97. The lowest BCUT2D eigenvalue weighted by molar-refractivity contribution is -0.145. The van der Waals surface area contributed by atoms with Gasteiger partial charge in [0.05, 0.1) is 29.3 Å². The number of carbonyl (C=O) groups is 3. The Bertz CT molecular complexity index is 1120. The maximum absolute atomic E-state index is 13.5. The molecule has 2 aliphatic heterocycles. The number of benzene rings is 2. The Labute approximate surface area is 189 Å². The first-order valence-electron chi connectivity index (χ1n) is 9.81. The Kier molecular flexibility index (Phi) is 5.93. The number of carbonyl (C=O) groups excluding carboxylic acids is 3. The number of thiocarbonyl (C=S) groups is 1. The zero-order chi connectivity index (χ0) is 22.1. The molecule has 2 amide bonds. The molecule has 2 aromatic rings. The Morgan fingerprint density at radius 3 is 2.45 bits per heavy atom. The third kappa shape index (κ3) is 4.00. The number of esters is 1. The summed E-state index contributed by atoms with van der Waals surface area (Å²) in [6.45, 7) is 4.05. The van der Waals surface area contributed by atoms with Gasteiger partial charge in [0.15, 0.2) is 0 Å². The van der Waals surface area contributed by atoms with Gasteiger partial charge < -0.3 is 9.64 Å². The number of anilines is 1. The molecule has 0 N–H and O–H groups in total. The van der Waals surface area contributed by atoms with Gasteiger partial charge in [-0.1, -0.05) is 72.0 Å². The van der Waals surface area contributed by atoms with Crippen molar-refractivity contribution in [2.45, 2.75) is 20.4 Å². The number of nitrogens with zero attached hydrogens (tertiary/aromatic N) is 2. The van der Waals surface area contributed by atoms with Gasteiger partial charge in [-0.2, -0.15) is 0 Å². The predicted molar refractivity (Wildman–Crippen MR) is 124 cm³/mol. The molecule has 2 aromatic carbocycles. The van der Waals surface area contributed by atoms with E-state index in [9.17, 15) is 14.4 Å². The van der Waals surface area contributed by atoms with Crippen LogP contribution in [-0.2, 0) is 25.7 Å². The molecular formula is C23H20N2O4S2. The number of fused-ring (bicyclic) bond motifs is 1. The van der Waals surface area contributed by atoms with Crippen LogP contribution in [0.1, 0.15) is 23.6 Å². The molecule has 0 unspecified atom stereocenters. The van der Waals surface area contributed by atoms with Crippen molar-refractivity contribution >= 4 is 57.3 Å². The normalized spacial score (nSPS) is 18.1. The number of aryl methyl sites for hydroxylation is 1. The average Bonchev–Trinajstić information content (AvgIpc) is 3.17. The largest absolute Gasteiger partial charge is 0.465 e. The number of ether oxygens (including phenoxy) is 1. The van der Waals surface area contributed by atoms with Crippen LogP contribution in [0.25, 0.3) is 5.57 Å². The van der Waals surface area contributed by atoms with Crippen LogP contribution in [0.4, 0.5) is 5.69 Å². The fourth-order valence-electron chi connectivity index (χ4n) is 3.55. The summed E-state index contributed by atoms with van der Waals surface area (Å²) in [5.74, 6) is -1.24. The van der Waals surface area contributed by atoms with Gasteiger partial charge in [0.1, 0.15) is 10.9 Å². The molecule has 31 heavy (non-hydrogen) atoms. The molecule has 0 spiro atoms. The minimum absolute atomic E-state index is 0.217. The summed E-state index contributed by atoms with van der Waals surface area (Å²) in [4.78, 5) is 41.5. The van der Waals surface area contributed by atoms with Crippen LogP contribution in [0.15, 0.2) is 53.4 Å². The lowest BCUT2D eigenvalue weighted by atomic mass is 10.1. The van der Waals surface area contributed by atoms with Gasteiger partial charge in [0.2, 0.25) is 0 Å². The van der Waals surface area contributed by atoms with Gasteiger partial charge in [0.25, 0.3) is 11.8 Å². The number of para-hydroxylation sites is 1. The van der Waals surface area contributed by atoms with E-state index < -0.39 is 11.9 Å². The highest BCUT2D eigenvalue weighted by atomic mass is 32.2. The minimum atomic E-state index is -0.538. The van der Waals surface area contributed by atoms with E-state index in [0.717, 1.165) is 28.6 Å². The average molecular weight is 453 g/mol. The highest BCUT2D eigenvalue weighted by molar-refractivity contribution is 8.26. The fraction of sp³-hybridized carbons (Fsp3) is 0.217. The van der Waals surface area contributed by atoms with Gasteiger partial charge in [-0.15, -0.1) is 0 Å². The Morgan fingerprint density at radius 2 is 1.74 bits per heavy atom. The van der Waals surface area contributed by atoms with Gasteiger partial charge in [-0.3, -0.25) is 19.3 Å². The van der Waals surface area contributed by atoms with Crippen LogP contribution in [0.3, 0.4) is 0 Å². The molecule has 0 aromatic heterocycles. The highest BCUT2D eigenvalue weighted by Crippen LogP contribution is 2.44. The molecule has 0 atom stereocenters. The highest BCUT2D eigenvalue weighted by Gasteiger charge is 2.42. The first-order chi connectivity index (χ1) is 14.9. The van der Waals surface area contributed by atoms with Gasteiger partial charge in [0, 0.05) is 5.56 Å². The third-order valence-corrected chi connectivity index (χ3v) is 6.50. The van der Waals surface area contributed by atoms with Crippen molar-refractivity contribution in [3.05, 3.63) is 70.1 Å². The first-order valence-corrected chi connectivity index (χ1v) is 11.0. The maximum atomic E-state index is 13.5. The molecule has 0 aliphatic carbocycles. The van der Waals surface area contributed by atoms with Crippen LogP contribution in [0.5, 0.6) is 0 Å². The number of hydrogen-bond acceptors (Lipinski definition) is 6. The van der Waals surface area contributed by atoms with Crippen molar-refractivity contribution < 1.29 is 19.1 Å². The number of thioether (sulfide) groups is 1.